The average molecular weight is 492 g/mol. The Morgan fingerprint density at radius 1 is 1.09 bits per heavy atom. The van der Waals surface area contributed by atoms with Crippen molar-refractivity contribution in [3.05, 3.63) is 70.9 Å². The number of fused-ring (bicyclic) bond motifs is 1. The summed E-state index contributed by atoms with van der Waals surface area (Å²) >= 11 is 2.63. The summed E-state index contributed by atoms with van der Waals surface area (Å²) in [5.74, 6) is -0.579. The Balaban J connectivity index is 1.38. The number of carboxylic acid groups (broad SMARTS) is 1. The third-order valence-electron chi connectivity index (χ3n) is 5.54. The SMILES string of the molecule is O=C(CSc1nnc(-c2cccnc2)n1-c1ccccc1)Nc1sc2c(c1C(=O)O)CCCC2. The zero-order chi connectivity index (χ0) is 23.5. The van der Waals surface area contributed by atoms with Crippen molar-refractivity contribution < 1.29 is 14.7 Å². The number of rotatable bonds is 7. The van der Waals surface area contributed by atoms with Crippen LogP contribution in [-0.4, -0.2) is 42.5 Å². The van der Waals surface area contributed by atoms with E-state index in [0.29, 0.717) is 16.0 Å². The lowest BCUT2D eigenvalue weighted by Crippen LogP contribution is -2.16. The summed E-state index contributed by atoms with van der Waals surface area (Å²) in [5, 5.41) is 22.2. The number of hydrogen-bond acceptors (Lipinski definition) is 7. The Bertz CT molecular complexity index is 1340. The number of nitrogens with zero attached hydrogens (tertiary/aromatic N) is 4. The molecule has 0 unspecified atom stereocenters. The zero-order valence-electron chi connectivity index (χ0n) is 18.1. The van der Waals surface area contributed by atoms with Crippen molar-refractivity contribution in [3.8, 4) is 17.1 Å². The number of carbonyl (C=O) groups excluding carboxylic acids is 1. The number of aromatic nitrogens is 4. The molecule has 3 aromatic heterocycles. The lowest BCUT2D eigenvalue weighted by atomic mass is 9.95. The molecule has 0 atom stereocenters. The third kappa shape index (κ3) is 4.46. The van der Waals surface area contributed by atoms with E-state index >= 15 is 0 Å². The van der Waals surface area contributed by atoms with Gasteiger partial charge in [-0.3, -0.25) is 14.3 Å². The fraction of sp³-hybridized carbons (Fsp3) is 0.208. The second kappa shape index (κ2) is 9.78. The Morgan fingerprint density at radius 3 is 2.68 bits per heavy atom. The molecule has 2 N–H and O–H groups in total. The van der Waals surface area contributed by atoms with Crippen LogP contribution in [0.2, 0.25) is 0 Å². The number of benzene rings is 1. The molecular weight excluding hydrogens is 470 g/mol. The molecule has 34 heavy (non-hydrogen) atoms. The first-order valence-corrected chi connectivity index (χ1v) is 12.6. The summed E-state index contributed by atoms with van der Waals surface area (Å²) in [6.07, 6.45) is 7.04. The maximum atomic E-state index is 12.8. The summed E-state index contributed by atoms with van der Waals surface area (Å²) in [7, 11) is 0. The molecule has 0 fully saturated rings. The lowest BCUT2D eigenvalue weighted by molar-refractivity contribution is -0.113. The number of aromatic carboxylic acids is 1. The van der Waals surface area contributed by atoms with Crippen molar-refractivity contribution in [2.75, 3.05) is 11.1 Å². The van der Waals surface area contributed by atoms with Gasteiger partial charge < -0.3 is 10.4 Å². The fourth-order valence-electron chi connectivity index (χ4n) is 4.03. The summed E-state index contributed by atoms with van der Waals surface area (Å²) in [6, 6.07) is 13.4. The molecule has 8 nitrogen and oxygen atoms in total. The Hall–Kier alpha value is -3.50. The monoisotopic (exact) mass is 491 g/mol. The second-order valence-electron chi connectivity index (χ2n) is 7.78. The molecule has 1 aliphatic rings. The average Bonchev–Trinajstić information content (AvgIpc) is 3.45. The first-order valence-electron chi connectivity index (χ1n) is 10.8. The van der Waals surface area contributed by atoms with E-state index in [4.69, 9.17) is 0 Å². The van der Waals surface area contributed by atoms with Crippen molar-refractivity contribution in [2.24, 2.45) is 0 Å². The molecule has 3 heterocycles. The number of amides is 1. The summed E-state index contributed by atoms with van der Waals surface area (Å²) in [6.45, 7) is 0. The van der Waals surface area contributed by atoms with Gasteiger partial charge in [-0.2, -0.15) is 0 Å². The van der Waals surface area contributed by atoms with Crippen LogP contribution < -0.4 is 5.32 Å². The molecule has 10 heteroatoms. The van der Waals surface area contributed by atoms with Crippen LogP contribution in [-0.2, 0) is 17.6 Å². The van der Waals surface area contributed by atoms with Gasteiger partial charge in [0.1, 0.15) is 5.00 Å². The number of aryl methyl sites for hydroxylation is 1. The van der Waals surface area contributed by atoms with E-state index < -0.39 is 5.97 Å². The highest BCUT2D eigenvalue weighted by molar-refractivity contribution is 7.99. The molecule has 4 aromatic rings. The largest absolute Gasteiger partial charge is 0.478 e. The second-order valence-corrected chi connectivity index (χ2v) is 9.82. The van der Waals surface area contributed by atoms with Gasteiger partial charge in [-0.05, 0) is 55.5 Å². The van der Waals surface area contributed by atoms with Crippen LogP contribution in [0.1, 0.15) is 33.6 Å². The molecule has 0 radical (unpaired) electrons. The number of thiophene rings is 1. The fourth-order valence-corrected chi connectivity index (χ4v) is 6.08. The highest BCUT2D eigenvalue weighted by atomic mass is 32.2. The van der Waals surface area contributed by atoms with Crippen molar-refractivity contribution in [2.45, 2.75) is 30.8 Å². The van der Waals surface area contributed by atoms with Gasteiger partial charge in [0.15, 0.2) is 11.0 Å². The van der Waals surface area contributed by atoms with E-state index in [2.05, 4.69) is 20.5 Å². The number of nitrogens with one attached hydrogen (secondary N) is 1. The van der Waals surface area contributed by atoms with Crippen LogP contribution in [0.4, 0.5) is 5.00 Å². The number of hydrogen-bond donors (Lipinski definition) is 2. The smallest absolute Gasteiger partial charge is 0.339 e. The number of thioether (sulfide) groups is 1. The quantitative estimate of drug-likeness (QED) is 0.361. The van der Waals surface area contributed by atoms with Gasteiger partial charge in [0.2, 0.25) is 5.91 Å². The minimum absolute atomic E-state index is 0.0691. The van der Waals surface area contributed by atoms with Gasteiger partial charge in [0, 0.05) is 28.5 Å². The van der Waals surface area contributed by atoms with E-state index in [-0.39, 0.29) is 17.2 Å². The molecule has 0 spiro atoms. The number of carbonyl (C=O) groups is 2. The van der Waals surface area contributed by atoms with Gasteiger partial charge in [-0.15, -0.1) is 21.5 Å². The number of para-hydroxylation sites is 1. The summed E-state index contributed by atoms with van der Waals surface area (Å²) in [4.78, 5) is 29.9. The molecular formula is C24H21N5O3S2. The number of carboxylic acids is 1. The molecule has 5 rings (SSSR count). The highest BCUT2D eigenvalue weighted by Crippen LogP contribution is 2.38. The van der Waals surface area contributed by atoms with Crippen molar-refractivity contribution >= 4 is 40.0 Å². The van der Waals surface area contributed by atoms with Crippen LogP contribution in [0.15, 0.2) is 60.0 Å². The van der Waals surface area contributed by atoms with Crippen molar-refractivity contribution in [3.63, 3.8) is 0 Å². The predicted molar refractivity (Wildman–Crippen MR) is 132 cm³/mol. The van der Waals surface area contributed by atoms with Gasteiger partial charge in [-0.25, -0.2) is 4.79 Å². The van der Waals surface area contributed by atoms with Crippen LogP contribution in [0.3, 0.4) is 0 Å². The predicted octanol–water partition coefficient (Wildman–Crippen LogP) is 4.70. The van der Waals surface area contributed by atoms with Gasteiger partial charge in [-0.1, -0.05) is 30.0 Å². The van der Waals surface area contributed by atoms with Crippen LogP contribution in [0.5, 0.6) is 0 Å². The lowest BCUT2D eigenvalue weighted by Gasteiger charge is -2.11. The molecule has 0 saturated heterocycles. The summed E-state index contributed by atoms with van der Waals surface area (Å²) in [5.41, 5.74) is 2.79. The van der Waals surface area contributed by atoms with Crippen LogP contribution >= 0.6 is 23.1 Å². The first-order chi connectivity index (χ1) is 16.6. The minimum Gasteiger partial charge on any atom is -0.478 e. The third-order valence-corrected chi connectivity index (χ3v) is 7.67. The Labute approximate surface area is 204 Å². The minimum atomic E-state index is -0.993. The van der Waals surface area contributed by atoms with Gasteiger partial charge >= 0.3 is 5.97 Å². The van der Waals surface area contributed by atoms with E-state index in [1.165, 1.54) is 23.1 Å². The van der Waals surface area contributed by atoms with Gasteiger partial charge in [0.25, 0.3) is 0 Å². The number of anilines is 1. The number of pyridine rings is 1. The molecule has 1 aromatic carbocycles. The van der Waals surface area contributed by atoms with E-state index in [9.17, 15) is 14.7 Å². The molecule has 172 valence electrons. The van der Waals surface area contributed by atoms with E-state index in [1.807, 2.05) is 47.0 Å². The van der Waals surface area contributed by atoms with Crippen molar-refractivity contribution in [1.29, 1.82) is 0 Å². The molecule has 1 amide bonds. The standard InChI is InChI=1S/C24H21N5O3S2/c30-19(26-22-20(23(31)32)17-10-4-5-11-18(17)34-22)14-33-24-28-27-21(15-7-6-12-25-13-15)29(24)16-8-2-1-3-9-16/h1-3,6-9,12-13H,4-5,10-11,14H2,(H,26,30)(H,31,32). The van der Waals surface area contributed by atoms with Gasteiger partial charge in [0.05, 0.1) is 11.3 Å². The molecule has 0 aliphatic heterocycles. The van der Waals surface area contributed by atoms with Crippen LogP contribution in [0.25, 0.3) is 17.1 Å². The molecule has 1 aliphatic carbocycles. The summed E-state index contributed by atoms with van der Waals surface area (Å²) < 4.78 is 1.89. The zero-order valence-corrected chi connectivity index (χ0v) is 19.7. The van der Waals surface area contributed by atoms with E-state index in [1.54, 1.807) is 12.4 Å². The normalized spacial score (nSPS) is 12.8. The Morgan fingerprint density at radius 2 is 1.91 bits per heavy atom. The molecule has 0 saturated carbocycles. The maximum absolute atomic E-state index is 12.8. The van der Waals surface area contributed by atoms with Crippen molar-refractivity contribution in [1.82, 2.24) is 19.7 Å². The first kappa shape index (κ1) is 22.3. The van der Waals surface area contributed by atoms with Crippen LogP contribution in [0, 0.1) is 0 Å². The maximum Gasteiger partial charge on any atom is 0.339 e. The molecule has 0 bridgehead atoms. The van der Waals surface area contributed by atoms with E-state index in [0.717, 1.165) is 47.4 Å². The topological polar surface area (TPSA) is 110 Å². The highest BCUT2D eigenvalue weighted by Gasteiger charge is 2.26. The Kier molecular flexibility index (Phi) is 6.41.